The van der Waals surface area contributed by atoms with Gasteiger partial charge in [0, 0.05) is 24.8 Å². The van der Waals surface area contributed by atoms with Crippen LogP contribution in [-0.4, -0.2) is 24.0 Å². The largest absolute Gasteiger partial charge is 0.324 e. The van der Waals surface area contributed by atoms with Crippen molar-refractivity contribution in [3.63, 3.8) is 0 Å². The number of urea groups is 1. The van der Waals surface area contributed by atoms with Crippen LogP contribution in [0.2, 0.25) is 0 Å². The van der Waals surface area contributed by atoms with Crippen molar-refractivity contribution in [2.45, 2.75) is 26.3 Å². The Morgan fingerprint density at radius 1 is 1.58 bits per heavy atom. The van der Waals surface area contributed by atoms with Crippen LogP contribution in [0.5, 0.6) is 0 Å². The normalized spacial score (nSPS) is 11.5. The van der Waals surface area contributed by atoms with Gasteiger partial charge in [0.2, 0.25) is 0 Å². The van der Waals surface area contributed by atoms with Gasteiger partial charge in [-0.3, -0.25) is 0 Å². The van der Waals surface area contributed by atoms with Gasteiger partial charge in [-0.25, -0.2) is 4.79 Å². The van der Waals surface area contributed by atoms with Crippen LogP contribution in [0, 0.1) is 11.3 Å². The first-order valence-electron chi connectivity index (χ1n) is 6.37. The summed E-state index contributed by atoms with van der Waals surface area (Å²) in [6, 6.07) is 9.24. The maximum Gasteiger partial charge on any atom is 0.321 e. The minimum absolute atomic E-state index is 0.0716. The highest BCUT2D eigenvalue weighted by atomic mass is 16.2. The molecule has 0 aromatic heterocycles. The Morgan fingerprint density at radius 3 is 2.89 bits per heavy atom. The van der Waals surface area contributed by atoms with E-state index in [9.17, 15) is 4.79 Å². The molecule has 0 aliphatic rings. The molecule has 0 fully saturated rings. The first-order valence-corrected chi connectivity index (χ1v) is 6.37. The van der Waals surface area contributed by atoms with E-state index in [0.717, 1.165) is 11.3 Å². The highest BCUT2D eigenvalue weighted by molar-refractivity contribution is 5.89. The van der Waals surface area contributed by atoms with Crippen molar-refractivity contribution < 1.29 is 4.79 Å². The van der Waals surface area contributed by atoms with E-state index in [-0.39, 0.29) is 12.1 Å². The molecule has 102 valence electrons. The van der Waals surface area contributed by atoms with Gasteiger partial charge in [0.1, 0.15) is 0 Å². The average Bonchev–Trinajstić information content (AvgIpc) is 2.40. The minimum atomic E-state index is -0.195. The molecule has 1 aromatic rings. The fourth-order valence-electron chi connectivity index (χ4n) is 1.69. The van der Waals surface area contributed by atoms with E-state index >= 15 is 0 Å². The predicted molar refractivity (Wildman–Crippen MR) is 75.5 cm³/mol. The SMILES string of the molecule is CCN(CCC#N)C(=O)Nc1cccc(C(C)N)c1. The maximum atomic E-state index is 12.0. The number of carbonyl (C=O) groups is 1. The van der Waals surface area contributed by atoms with Gasteiger partial charge in [0.15, 0.2) is 0 Å². The van der Waals surface area contributed by atoms with Gasteiger partial charge >= 0.3 is 6.03 Å². The third-order valence-electron chi connectivity index (χ3n) is 2.83. The third-order valence-corrected chi connectivity index (χ3v) is 2.83. The van der Waals surface area contributed by atoms with Crippen LogP contribution in [0.4, 0.5) is 10.5 Å². The smallest absolute Gasteiger partial charge is 0.321 e. The summed E-state index contributed by atoms with van der Waals surface area (Å²) in [7, 11) is 0. The molecule has 1 atom stereocenters. The summed E-state index contributed by atoms with van der Waals surface area (Å²) in [5.74, 6) is 0. The van der Waals surface area contributed by atoms with Gasteiger partial charge in [0.05, 0.1) is 12.5 Å². The van der Waals surface area contributed by atoms with Crippen LogP contribution in [0.1, 0.15) is 31.9 Å². The molecule has 2 amide bonds. The quantitative estimate of drug-likeness (QED) is 0.853. The number of nitrogens with one attached hydrogen (secondary N) is 1. The number of hydrogen-bond donors (Lipinski definition) is 2. The van der Waals surface area contributed by atoms with E-state index in [1.807, 2.05) is 44.2 Å². The highest BCUT2D eigenvalue weighted by Gasteiger charge is 2.11. The summed E-state index contributed by atoms with van der Waals surface area (Å²) < 4.78 is 0. The zero-order chi connectivity index (χ0) is 14.3. The molecule has 0 saturated heterocycles. The number of nitriles is 1. The lowest BCUT2D eigenvalue weighted by molar-refractivity contribution is 0.215. The summed E-state index contributed by atoms with van der Waals surface area (Å²) in [6.07, 6.45) is 0.334. The molecular weight excluding hydrogens is 240 g/mol. The Kier molecular flexibility index (Phi) is 5.83. The van der Waals surface area contributed by atoms with Crippen LogP contribution in [0.25, 0.3) is 0 Å². The molecule has 0 radical (unpaired) electrons. The maximum absolute atomic E-state index is 12.0. The molecule has 0 aliphatic heterocycles. The van der Waals surface area contributed by atoms with E-state index in [1.165, 1.54) is 0 Å². The molecule has 0 spiro atoms. The summed E-state index contributed by atoms with van der Waals surface area (Å²) >= 11 is 0. The Balaban J connectivity index is 2.70. The number of anilines is 1. The van der Waals surface area contributed by atoms with Crippen molar-refractivity contribution in [2.75, 3.05) is 18.4 Å². The molecule has 0 heterocycles. The second kappa shape index (κ2) is 7.39. The van der Waals surface area contributed by atoms with Crippen LogP contribution in [0.3, 0.4) is 0 Å². The Labute approximate surface area is 114 Å². The van der Waals surface area contributed by atoms with Crippen LogP contribution in [-0.2, 0) is 0 Å². The Hall–Kier alpha value is -2.06. The monoisotopic (exact) mass is 260 g/mol. The van der Waals surface area contributed by atoms with Gasteiger partial charge in [-0.2, -0.15) is 5.26 Å². The number of benzene rings is 1. The van der Waals surface area contributed by atoms with Crippen LogP contribution < -0.4 is 11.1 Å². The molecule has 0 aliphatic carbocycles. The molecule has 0 bridgehead atoms. The molecule has 5 nitrogen and oxygen atoms in total. The lowest BCUT2D eigenvalue weighted by Gasteiger charge is -2.20. The molecule has 1 aromatic carbocycles. The van der Waals surface area contributed by atoms with Gasteiger partial charge < -0.3 is 16.0 Å². The Morgan fingerprint density at radius 2 is 2.32 bits per heavy atom. The van der Waals surface area contributed by atoms with E-state index in [4.69, 9.17) is 11.0 Å². The van der Waals surface area contributed by atoms with Crippen molar-refractivity contribution in [2.24, 2.45) is 5.73 Å². The van der Waals surface area contributed by atoms with Gasteiger partial charge in [0.25, 0.3) is 0 Å². The summed E-state index contributed by atoms with van der Waals surface area (Å²) in [5.41, 5.74) is 7.49. The second-order valence-corrected chi connectivity index (χ2v) is 4.33. The van der Waals surface area contributed by atoms with Crippen molar-refractivity contribution >= 4 is 11.7 Å². The van der Waals surface area contributed by atoms with Gasteiger partial charge in [-0.15, -0.1) is 0 Å². The molecule has 1 unspecified atom stereocenters. The molecule has 3 N–H and O–H groups in total. The topological polar surface area (TPSA) is 82.2 Å². The van der Waals surface area contributed by atoms with Crippen molar-refractivity contribution in [1.82, 2.24) is 4.90 Å². The lowest BCUT2D eigenvalue weighted by Crippen LogP contribution is -2.35. The zero-order valence-electron chi connectivity index (χ0n) is 11.4. The molecule has 19 heavy (non-hydrogen) atoms. The highest BCUT2D eigenvalue weighted by Crippen LogP contribution is 2.16. The summed E-state index contributed by atoms with van der Waals surface area (Å²) in [6.45, 7) is 4.79. The third kappa shape index (κ3) is 4.60. The van der Waals surface area contributed by atoms with Gasteiger partial charge in [-0.1, -0.05) is 12.1 Å². The second-order valence-electron chi connectivity index (χ2n) is 4.33. The van der Waals surface area contributed by atoms with E-state index in [2.05, 4.69) is 5.32 Å². The molecule has 1 rings (SSSR count). The fourth-order valence-corrected chi connectivity index (χ4v) is 1.69. The number of rotatable bonds is 5. The van der Waals surface area contributed by atoms with Gasteiger partial charge in [-0.05, 0) is 31.5 Å². The molecule has 0 saturated carbocycles. The van der Waals surface area contributed by atoms with Crippen LogP contribution >= 0.6 is 0 Å². The minimum Gasteiger partial charge on any atom is -0.324 e. The standard InChI is InChI=1S/C14H20N4O/c1-3-18(9-5-8-15)14(19)17-13-7-4-6-12(10-13)11(2)16/h4,6-7,10-11H,3,5,9,16H2,1-2H3,(H,17,19). The first-order chi connectivity index (χ1) is 9.08. The zero-order valence-corrected chi connectivity index (χ0v) is 11.4. The Bertz CT molecular complexity index is 465. The number of amides is 2. The van der Waals surface area contributed by atoms with Crippen molar-refractivity contribution in [1.29, 1.82) is 5.26 Å². The lowest BCUT2D eigenvalue weighted by atomic mass is 10.1. The number of hydrogen-bond acceptors (Lipinski definition) is 3. The number of nitrogens with two attached hydrogens (primary N) is 1. The summed E-state index contributed by atoms with van der Waals surface area (Å²) in [5, 5.41) is 11.4. The predicted octanol–water partition coefficient (Wildman–Crippen LogP) is 2.47. The van der Waals surface area contributed by atoms with E-state index in [0.29, 0.717) is 19.5 Å². The summed E-state index contributed by atoms with van der Waals surface area (Å²) in [4.78, 5) is 13.6. The molecular formula is C14H20N4O. The van der Waals surface area contributed by atoms with Crippen molar-refractivity contribution in [3.05, 3.63) is 29.8 Å². The van der Waals surface area contributed by atoms with E-state index in [1.54, 1.807) is 4.90 Å². The van der Waals surface area contributed by atoms with E-state index < -0.39 is 0 Å². The van der Waals surface area contributed by atoms with Crippen LogP contribution in [0.15, 0.2) is 24.3 Å². The number of nitrogens with zero attached hydrogens (tertiary/aromatic N) is 2. The first kappa shape index (κ1) is 15.0. The molecule has 5 heteroatoms. The number of carbonyl (C=O) groups excluding carboxylic acids is 1. The fraction of sp³-hybridized carbons (Fsp3) is 0.429. The van der Waals surface area contributed by atoms with Crippen molar-refractivity contribution in [3.8, 4) is 6.07 Å². The average molecular weight is 260 g/mol.